The maximum Gasteiger partial charge on any atom is 0.330 e. The number of carbonyl (C=O) groups is 1. The summed E-state index contributed by atoms with van der Waals surface area (Å²) in [5.74, 6) is 0.804. The molecule has 1 unspecified atom stereocenters. The van der Waals surface area contributed by atoms with Gasteiger partial charge in [0.25, 0.3) is 0 Å². The SMILES string of the molecule is C=CCNC(C)(C(=O)OC)c1ccc(OC)cc1OC. The molecule has 0 bridgehead atoms. The highest BCUT2D eigenvalue weighted by Gasteiger charge is 2.38. The Morgan fingerprint density at radius 3 is 2.55 bits per heavy atom. The lowest BCUT2D eigenvalue weighted by molar-refractivity contribution is -0.148. The van der Waals surface area contributed by atoms with E-state index in [0.717, 1.165) is 0 Å². The fourth-order valence-corrected chi connectivity index (χ4v) is 1.97. The summed E-state index contributed by atoms with van der Waals surface area (Å²) < 4.78 is 15.4. The normalized spacial score (nSPS) is 13.2. The van der Waals surface area contributed by atoms with Crippen LogP contribution in [0, 0.1) is 0 Å². The van der Waals surface area contributed by atoms with Crippen LogP contribution < -0.4 is 14.8 Å². The second-order valence-corrected chi connectivity index (χ2v) is 4.35. The maximum atomic E-state index is 12.2. The summed E-state index contributed by atoms with van der Waals surface area (Å²) in [6.45, 7) is 5.85. The largest absolute Gasteiger partial charge is 0.497 e. The molecule has 5 nitrogen and oxygen atoms in total. The third-order valence-corrected chi connectivity index (χ3v) is 3.14. The summed E-state index contributed by atoms with van der Waals surface area (Å²) in [5, 5.41) is 3.11. The number of hydrogen-bond acceptors (Lipinski definition) is 5. The van der Waals surface area contributed by atoms with Crippen LogP contribution in [-0.4, -0.2) is 33.8 Å². The molecule has 0 saturated heterocycles. The molecule has 0 heterocycles. The number of hydrogen-bond donors (Lipinski definition) is 1. The van der Waals surface area contributed by atoms with E-state index in [4.69, 9.17) is 14.2 Å². The first-order valence-electron chi connectivity index (χ1n) is 6.20. The molecule has 0 amide bonds. The summed E-state index contributed by atoms with van der Waals surface area (Å²) in [6.07, 6.45) is 1.68. The summed E-state index contributed by atoms with van der Waals surface area (Å²) in [4.78, 5) is 12.2. The Hall–Kier alpha value is -2.01. The topological polar surface area (TPSA) is 56.8 Å². The zero-order valence-corrected chi connectivity index (χ0v) is 12.4. The highest BCUT2D eigenvalue weighted by atomic mass is 16.5. The first kappa shape index (κ1) is 16.0. The van der Waals surface area contributed by atoms with Crippen molar-refractivity contribution in [2.45, 2.75) is 12.5 Å². The van der Waals surface area contributed by atoms with Crippen molar-refractivity contribution in [3.05, 3.63) is 36.4 Å². The van der Waals surface area contributed by atoms with E-state index >= 15 is 0 Å². The van der Waals surface area contributed by atoms with Crippen molar-refractivity contribution in [2.24, 2.45) is 0 Å². The first-order chi connectivity index (χ1) is 9.53. The standard InChI is InChI=1S/C15H21NO4/c1-6-9-16-15(2,14(17)20-5)12-8-7-11(18-3)10-13(12)19-4/h6-8,10,16H,1,9H2,2-5H3. The van der Waals surface area contributed by atoms with Crippen molar-refractivity contribution in [1.29, 1.82) is 0 Å². The molecule has 1 N–H and O–H groups in total. The van der Waals surface area contributed by atoms with Crippen molar-refractivity contribution in [3.63, 3.8) is 0 Å². The van der Waals surface area contributed by atoms with Gasteiger partial charge in [-0.1, -0.05) is 6.08 Å². The predicted molar refractivity (Wildman–Crippen MR) is 77.1 cm³/mol. The van der Waals surface area contributed by atoms with Crippen molar-refractivity contribution in [3.8, 4) is 11.5 Å². The Bertz CT molecular complexity index is 487. The summed E-state index contributed by atoms with van der Waals surface area (Å²) >= 11 is 0. The Kier molecular flexibility index (Phi) is 5.58. The third kappa shape index (κ3) is 3.11. The second kappa shape index (κ2) is 6.96. The first-order valence-corrected chi connectivity index (χ1v) is 6.20. The zero-order valence-electron chi connectivity index (χ0n) is 12.4. The lowest BCUT2D eigenvalue weighted by Gasteiger charge is -2.29. The molecule has 1 aromatic carbocycles. The minimum atomic E-state index is -1.03. The van der Waals surface area contributed by atoms with Crippen LogP contribution in [0.2, 0.25) is 0 Å². The maximum absolute atomic E-state index is 12.2. The number of methoxy groups -OCH3 is 3. The number of carbonyl (C=O) groups excluding carboxylic acids is 1. The van der Waals surface area contributed by atoms with Gasteiger partial charge in [0.2, 0.25) is 0 Å². The fourth-order valence-electron chi connectivity index (χ4n) is 1.97. The molecule has 0 aliphatic carbocycles. The van der Waals surface area contributed by atoms with Gasteiger partial charge in [0.1, 0.15) is 17.0 Å². The van der Waals surface area contributed by atoms with Gasteiger partial charge in [-0.05, 0) is 19.1 Å². The van der Waals surface area contributed by atoms with Crippen molar-refractivity contribution >= 4 is 5.97 Å². The predicted octanol–water partition coefficient (Wildman–Crippen LogP) is 1.87. The van der Waals surface area contributed by atoms with Crippen LogP contribution in [0.4, 0.5) is 0 Å². The van der Waals surface area contributed by atoms with Crippen LogP contribution >= 0.6 is 0 Å². The van der Waals surface area contributed by atoms with E-state index in [1.165, 1.54) is 7.11 Å². The molecule has 0 saturated carbocycles. The Morgan fingerprint density at radius 2 is 2.05 bits per heavy atom. The minimum absolute atomic E-state index is 0.400. The molecule has 0 fully saturated rings. The van der Waals surface area contributed by atoms with Gasteiger partial charge in [-0.3, -0.25) is 5.32 Å². The van der Waals surface area contributed by atoms with Crippen LogP contribution in [-0.2, 0) is 15.1 Å². The molecule has 0 radical (unpaired) electrons. The smallest absolute Gasteiger partial charge is 0.330 e. The number of esters is 1. The van der Waals surface area contributed by atoms with E-state index in [-0.39, 0.29) is 0 Å². The van der Waals surface area contributed by atoms with Crippen LogP contribution in [0.1, 0.15) is 12.5 Å². The van der Waals surface area contributed by atoms with E-state index in [1.807, 2.05) is 0 Å². The van der Waals surface area contributed by atoms with Gasteiger partial charge in [0.05, 0.1) is 21.3 Å². The number of ether oxygens (including phenoxy) is 3. The fraction of sp³-hybridized carbons (Fsp3) is 0.400. The molecule has 1 rings (SSSR count). The minimum Gasteiger partial charge on any atom is -0.497 e. The van der Waals surface area contributed by atoms with Gasteiger partial charge in [-0.25, -0.2) is 4.79 Å². The molecule has 0 aromatic heterocycles. The number of nitrogens with one attached hydrogen (secondary N) is 1. The number of rotatable bonds is 7. The van der Waals surface area contributed by atoms with Crippen LogP contribution in [0.3, 0.4) is 0 Å². The molecule has 1 aromatic rings. The highest BCUT2D eigenvalue weighted by molar-refractivity contribution is 5.83. The molecule has 1 atom stereocenters. The lowest BCUT2D eigenvalue weighted by Crippen LogP contribution is -2.47. The Balaban J connectivity index is 3.32. The van der Waals surface area contributed by atoms with Crippen molar-refractivity contribution in [1.82, 2.24) is 5.32 Å². The summed E-state index contributed by atoms with van der Waals surface area (Å²) in [6, 6.07) is 5.28. The van der Waals surface area contributed by atoms with Gasteiger partial charge in [0.15, 0.2) is 0 Å². The summed E-state index contributed by atoms with van der Waals surface area (Å²) in [7, 11) is 4.47. The monoisotopic (exact) mass is 279 g/mol. The average molecular weight is 279 g/mol. The molecule has 0 aliphatic rings. The lowest BCUT2D eigenvalue weighted by atomic mass is 9.90. The van der Waals surface area contributed by atoms with E-state index < -0.39 is 11.5 Å². The molecular weight excluding hydrogens is 258 g/mol. The molecule has 0 aliphatic heterocycles. The summed E-state index contributed by atoms with van der Waals surface area (Å²) in [5.41, 5.74) is -0.352. The van der Waals surface area contributed by atoms with E-state index in [9.17, 15) is 4.79 Å². The molecule has 0 spiro atoms. The van der Waals surface area contributed by atoms with Gasteiger partial charge in [0, 0.05) is 18.2 Å². The van der Waals surface area contributed by atoms with E-state index in [1.54, 1.807) is 45.4 Å². The molecular formula is C15H21NO4. The van der Waals surface area contributed by atoms with Crippen molar-refractivity contribution in [2.75, 3.05) is 27.9 Å². The van der Waals surface area contributed by atoms with E-state index in [2.05, 4.69) is 11.9 Å². The Labute approximate surface area is 119 Å². The quantitative estimate of drug-likeness (QED) is 0.610. The zero-order chi connectivity index (χ0) is 15.2. The van der Waals surface area contributed by atoms with Gasteiger partial charge in [-0.15, -0.1) is 6.58 Å². The van der Waals surface area contributed by atoms with Gasteiger partial charge in [-0.2, -0.15) is 0 Å². The average Bonchev–Trinajstić information content (AvgIpc) is 2.50. The van der Waals surface area contributed by atoms with Crippen LogP contribution in [0.5, 0.6) is 11.5 Å². The van der Waals surface area contributed by atoms with Crippen LogP contribution in [0.25, 0.3) is 0 Å². The van der Waals surface area contributed by atoms with Crippen LogP contribution in [0.15, 0.2) is 30.9 Å². The van der Waals surface area contributed by atoms with Gasteiger partial charge >= 0.3 is 5.97 Å². The van der Waals surface area contributed by atoms with Gasteiger partial charge < -0.3 is 14.2 Å². The molecule has 20 heavy (non-hydrogen) atoms. The highest BCUT2D eigenvalue weighted by Crippen LogP contribution is 2.33. The Morgan fingerprint density at radius 1 is 1.35 bits per heavy atom. The third-order valence-electron chi connectivity index (χ3n) is 3.14. The van der Waals surface area contributed by atoms with Crippen molar-refractivity contribution < 1.29 is 19.0 Å². The molecule has 5 heteroatoms. The van der Waals surface area contributed by atoms with E-state index in [0.29, 0.717) is 23.6 Å². The second-order valence-electron chi connectivity index (χ2n) is 4.35. The molecule has 110 valence electrons. The number of benzene rings is 1.